The second-order valence-electron chi connectivity index (χ2n) is 4.96. The molecule has 0 heterocycles. The fourth-order valence-corrected chi connectivity index (χ4v) is 2.26. The number of Topliss-reactive ketones (excluding diaryl/α,β-unsaturated/α-hetero) is 1. The van der Waals surface area contributed by atoms with E-state index in [9.17, 15) is 4.79 Å². The van der Waals surface area contributed by atoms with Gasteiger partial charge in [-0.25, -0.2) is 0 Å². The van der Waals surface area contributed by atoms with Gasteiger partial charge in [-0.1, -0.05) is 37.3 Å². The van der Waals surface area contributed by atoms with E-state index in [1.165, 1.54) is 0 Å². The van der Waals surface area contributed by atoms with Gasteiger partial charge in [0.1, 0.15) is 5.78 Å². The first-order valence-electron chi connectivity index (χ1n) is 6.10. The quantitative estimate of drug-likeness (QED) is 0.806. The van der Waals surface area contributed by atoms with Crippen molar-refractivity contribution in [1.82, 2.24) is 0 Å². The lowest BCUT2D eigenvalue weighted by atomic mass is 9.97. The summed E-state index contributed by atoms with van der Waals surface area (Å²) >= 11 is 0. The molecule has 4 atom stereocenters. The summed E-state index contributed by atoms with van der Waals surface area (Å²) in [6.07, 6.45) is 0.681. The van der Waals surface area contributed by atoms with Crippen LogP contribution in [0.5, 0.6) is 0 Å². The van der Waals surface area contributed by atoms with Crippen molar-refractivity contribution in [3.8, 4) is 0 Å². The zero-order valence-electron chi connectivity index (χ0n) is 10.0. The Morgan fingerprint density at radius 2 is 2.00 bits per heavy atom. The highest BCUT2D eigenvalue weighted by Crippen LogP contribution is 2.46. The third-order valence-corrected chi connectivity index (χ3v) is 3.67. The normalized spacial score (nSPS) is 26.6. The largest absolute Gasteiger partial charge is 0.396 e. The minimum atomic E-state index is -0.0948. The maximum Gasteiger partial charge on any atom is 0.145 e. The van der Waals surface area contributed by atoms with Crippen LogP contribution in [0.15, 0.2) is 30.3 Å². The molecule has 0 radical (unpaired) electrons. The Bertz CT molecular complexity index is 390. The number of carbonyl (C=O) groups is 1. The van der Waals surface area contributed by atoms with Gasteiger partial charge in [0.15, 0.2) is 0 Å². The van der Waals surface area contributed by atoms with Crippen LogP contribution in [0.1, 0.15) is 24.8 Å². The highest BCUT2D eigenvalue weighted by atomic mass is 16.3. The lowest BCUT2D eigenvalue weighted by Crippen LogP contribution is -2.31. The van der Waals surface area contributed by atoms with Crippen LogP contribution in [0.3, 0.4) is 0 Å². The van der Waals surface area contributed by atoms with Crippen molar-refractivity contribution in [3.05, 3.63) is 35.9 Å². The molecule has 1 aliphatic carbocycles. The molecule has 0 amide bonds. The summed E-state index contributed by atoms with van der Waals surface area (Å²) in [5.74, 6) is 0.436. The maximum atomic E-state index is 11.7. The topological polar surface area (TPSA) is 63.3 Å². The minimum Gasteiger partial charge on any atom is -0.396 e. The molecule has 1 saturated carbocycles. The Morgan fingerprint density at radius 3 is 2.59 bits per heavy atom. The lowest BCUT2D eigenvalue weighted by Gasteiger charge is -2.16. The Labute approximate surface area is 102 Å². The molecule has 0 bridgehead atoms. The van der Waals surface area contributed by atoms with Gasteiger partial charge in [-0.15, -0.1) is 0 Å². The predicted octanol–water partition coefficient (Wildman–Crippen LogP) is 1.31. The molecule has 3 N–H and O–H groups in total. The fourth-order valence-electron chi connectivity index (χ4n) is 2.26. The number of nitrogens with two attached hydrogens (primary N) is 1. The summed E-state index contributed by atoms with van der Waals surface area (Å²) in [5, 5.41) is 9.02. The van der Waals surface area contributed by atoms with Gasteiger partial charge in [-0.3, -0.25) is 4.79 Å². The van der Waals surface area contributed by atoms with Crippen LogP contribution in [0.4, 0.5) is 0 Å². The van der Waals surface area contributed by atoms with Gasteiger partial charge in [-0.2, -0.15) is 0 Å². The van der Waals surface area contributed by atoms with Crippen molar-refractivity contribution in [2.75, 3.05) is 6.61 Å². The molecule has 0 aromatic heterocycles. The summed E-state index contributed by atoms with van der Waals surface area (Å²) in [5.41, 5.74) is 7.05. The smallest absolute Gasteiger partial charge is 0.145 e. The third kappa shape index (κ3) is 2.56. The first kappa shape index (κ1) is 12.3. The average molecular weight is 233 g/mol. The molecule has 3 heteroatoms. The maximum absolute atomic E-state index is 11.7. The molecule has 1 aliphatic rings. The second-order valence-corrected chi connectivity index (χ2v) is 4.96. The van der Waals surface area contributed by atoms with Crippen LogP contribution in [0.2, 0.25) is 0 Å². The number of ketones is 1. The molecule has 3 nitrogen and oxygen atoms in total. The number of aliphatic hydroxyl groups is 1. The van der Waals surface area contributed by atoms with E-state index in [-0.39, 0.29) is 36.2 Å². The fraction of sp³-hybridized carbons (Fsp3) is 0.500. The van der Waals surface area contributed by atoms with Gasteiger partial charge < -0.3 is 10.8 Å². The van der Waals surface area contributed by atoms with Gasteiger partial charge in [0.05, 0.1) is 5.92 Å². The highest BCUT2D eigenvalue weighted by Gasteiger charge is 2.50. The van der Waals surface area contributed by atoms with E-state index in [4.69, 9.17) is 10.8 Å². The summed E-state index contributed by atoms with van der Waals surface area (Å²) in [4.78, 5) is 11.7. The third-order valence-electron chi connectivity index (χ3n) is 3.67. The lowest BCUT2D eigenvalue weighted by molar-refractivity contribution is -0.111. The summed E-state index contributed by atoms with van der Waals surface area (Å²) < 4.78 is 0. The SMILES string of the molecule is CC(CO)[C@@H](N)CC1C(=O)C1c1ccccc1. The van der Waals surface area contributed by atoms with Crippen LogP contribution in [-0.2, 0) is 4.79 Å². The van der Waals surface area contributed by atoms with Crippen molar-refractivity contribution in [2.24, 2.45) is 17.6 Å². The summed E-state index contributed by atoms with van der Waals surface area (Å²) in [6.45, 7) is 1.99. The van der Waals surface area contributed by atoms with Gasteiger partial charge >= 0.3 is 0 Å². The van der Waals surface area contributed by atoms with E-state index >= 15 is 0 Å². The van der Waals surface area contributed by atoms with Crippen LogP contribution in [-0.4, -0.2) is 23.5 Å². The average Bonchev–Trinajstić information content (AvgIpc) is 2.99. The van der Waals surface area contributed by atoms with E-state index in [1.807, 2.05) is 37.3 Å². The molecule has 0 spiro atoms. The van der Waals surface area contributed by atoms with Crippen molar-refractivity contribution < 1.29 is 9.90 Å². The van der Waals surface area contributed by atoms with Gasteiger partial charge in [0, 0.05) is 18.6 Å². The monoisotopic (exact) mass is 233 g/mol. The number of hydrogen-bond acceptors (Lipinski definition) is 3. The Hall–Kier alpha value is -1.19. The first-order chi connectivity index (χ1) is 8.15. The van der Waals surface area contributed by atoms with Crippen molar-refractivity contribution in [2.45, 2.75) is 25.3 Å². The Morgan fingerprint density at radius 1 is 1.35 bits per heavy atom. The molecule has 1 aromatic carbocycles. The number of hydrogen-bond donors (Lipinski definition) is 2. The van der Waals surface area contributed by atoms with Crippen LogP contribution in [0.25, 0.3) is 0 Å². The van der Waals surface area contributed by atoms with E-state index in [2.05, 4.69) is 0 Å². The van der Waals surface area contributed by atoms with Crippen molar-refractivity contribution in [1.29, 1.82) is 0 Å². The van der Waals surface area contributed by atoms with Crippen LogP contribution < -0.4 is 5.73 Å². The molecule has 1 aromatic rings. The van der Waals surface area contributed by atoms with Gasteiger partial charge in [0.2, 0.25) is 0 Å². The van der Waals surface area contributed by atoms with Gasteiger partial charge in [-0.05, 0) is 17.9 Å². The highest BCUT2D eigenvalue weighted by molar-refractivity contribution is 6.04. The number of rotatable bonds is 5. The van der Waals surface area contributed by atoms with Gasteiger partial charge in [0.25, 0.3) is 0 Å². The molecule has 0 aliphatic heterocycles. The Balaban J connectivity index is 1.96. The standard InChI is InChI=1S/C14H19NO2/c1-9(8-16)12(15)7-11-13(14(11)17)10-5-3-2-4-6-10/h2-6,9,11-13,16H,7-8,15H2,1H3/t9?,11?,12-,13?/m0/s1. The van der Waals surface area contributed by atoms with E-state index in [1.54, 1.807) is 0 Å². The van der Waals surface area contributed by atoms with Crippen molar-refractivity contribution >= 4 is 5.78 Å². The minimum absolute atomic E-state index is 0.0353. The van der Waals surface area contributed by atoms with E-state index in [0.29, 0.717) is 6.42 Å². The van der Waals surface area contributed by atoms with Crippen LogP contribution >= 0.6 is 0 Å². The molecule has 2 rings (SSSR count). The van der Waals surface area contributed by atoms with E-state index in [0.717, 1.165) is 5.56 Å². The molecular formula is C14H19NO2. The molecule has 17 heavy (non-hydrogen) atoms. The predicted molar refractivity (Wildman–Crippen MR) is 66.5 cm³/mol. The van der Waals surface area contributed by atoms with E-state index < -0.39 is 0 Å². The summed E-state index contributed by atoms with van der Waals surface area (Å²) in [6, 6.07) is 9.74. The Kier molecular flexibility index (Phi) is 3.60. The number of aliphatic hydroxyl groups excluding tert-OH is 1. The van der Waals surface area contributed by atoms with Crippen LogP contribution in [0, 0.1) is 11.8 Å². The summed E-state index contributed by atoms with van der Waals surface area (Å²) in [7, 11) is 0. The number of carbonyl (C=O) groups excluding carboxylic acids is 1. The number of benzene rings is 1. The molecule has 92 valence electrons. The van der Waals surface area contributed by atoms with Crippen molar-refractivity contribution in [3.63, 3.8) is 0 Å². The first-order valence-corrected chi connectivity index (χ1v) is 6.10. The molecule has 0 saturated heterocycles. The molecule has 1 fully saturated rings. The molecular weight excluding hydrogens is 214 g/mol. The second kappa shape index (κ2) is 4.98. The zero-order valence-corrected chi connectivity index (χ0v) is 10.0. The molecule has 3 unspecified atom stereocenters. The zero-order chi connectivity index (χ0) is 12.4.